The van der Waals surface area contributed by atoms with Crippen LogP contribution in [0, 0.1) is 10.1 Å². The van der Waals surface area contributed by atoms with Crippen molar-refractivity contribution in [3.63, 3.8) is 0 Å². The molecular formula is C16H15BrN2O4. The molecule has 0 radical (unpaired) electrons. The van der Waals surface area contributed by atoms with Crippen molar-refractivity contribution in [3.05, 3.63) is 68.7 Å². The van der Waals surface area contributed by atoms with Gasteiger partial charge in [0.15, 0.2) is 6.61 Å². The number of hydrogen-bond acceptors (Lipinski definition) is 4. The quantitative estimate of drug-likeness (QED) is 0.614. The summed E-state index contributed by atoms with van der Waals surface area (Å²) in [5.74, 6) is -0.0253. The van der Waals surface area contributed by atoms with Crippen molar-refractivity contribution in [1.29, 1.82) is 0 Å². The summed E-state index contributed by atoms with van der Waals surface area (Å²) in [6.07, 6.45) is 0. The first-order valence-electron chi connectivity index (χ1n) is 6.88. The minimum atomic E-state index is -0.512. The third-order valence-electron chi connectivity index (χ3n) is 3.15. The van der Waals surface area contributed by atoms with Crippen LogP contribution in [0.5, 0.6) is 5.75 Å². The number of rotatable bonds is 6. The molecule has 0 heterocycles. The number of carbonyl (C=O) groups excluding carboxylic acids is 1. The molecule has 1 amide bonds. The van der Waals surface area contributed by atoms with Crippen LogP contribution in [0.4, 0.5) is 5.69 Å². The fraction of sp³-hybridized carbons (Fsp3) is 0.188. The van der Waals surface area contributed by atoms with Crippen LogP contribution in [0.3, 0.4) is 0 Å². The lowest BCUT2D eigenvalue weighted by Gasteiger charge is -2.16. The number of benzene rings is 2. The number of nitrogens with one attached hydrogen (secondary N) is 1. The minimum Gasteiger partial charge on any atom is -0.484 e. The lowest BCUT2D eigenvalue weighted by Crippen LogP contribution is -2.31. The summed E-state index contributed by atoms with van der Waals surface area (Å²) >= 11 is 3.44. The molecule has 0 saturated heterocycles. The normalized spacial score (nSPS) is 11.6. The Morgan fingerprint density at radius 1 is 1.30 bits per heavy atom. The van der Waals surface area contributed by atoms with E-state index in [0.717, 1.165) is 10.0 Å². The Morgan fingerprint density at radius 2 is 2.04 bits per heavy atom. The summed E-state index contributed by atoms with van der Waals surface area (Å²) in [6.45, 7) is 1.65. The molecule has 7 heteroatoms. The molecule has 120 valence electrons. The number of nitro benzene ring substituents is 1. The number of nitro groups is 1. The van der Waals surface area contributed by atoms with E-state index in [2.05, 4.69) is 21.2 Å². The fourth-order valence-electron chi connectivity index (χ4n) is 2.02. The van der Waals surface area contributed by atoms with Gasteiger partial charge in [-0.05, 0) is 24.6 Å². The van der Waals surface area contributed by atoms with Gasteiger partial charge in [0.1, 0.15) is 5.75 Å². The van der Waals surface area contributed by atoms with Crippen molar-refractivity contribution in [2.45, 2.75) is 13.0 Å². The van der Waals surface area contributed by atoms with Crippen LogP contribution in [-0.4, -0.2) is 17.4 Å². The molecule has 0 unspecified atom stereocenters. The minimum absolute atomic E-state index is 0.0792. The van der Waals surface area contributed by atoms with Gasteiger partial charge in [0.25, 0.3) is 11.6 Å². The predicted molar refractivity (Wildman–Crippen MR) is 89.3 cm³/mol. The molecule has 2 rings (SSSR count). The lowest BCUT2D eigenvalue weighted by molar-refractivity contribution is -0.384. The Kier molecular flexibility index (Phi) is 5.70. The summed E-state index contributed by atoms with van der Waals surface area (Å²) in [6, 6.07) is 13.1. The van der Waals surface area contributed by atoms with Crippen LogP contribution in [0.2, 0.25) is 0 Å². The molecule has 0 aliphatic heterocycles. The second-order valence-electron chi connectivity index (χ2n) is 4.85. The van der Waals surface area contributed by atoms with Gasteiger partial charge in [-0.15, -0.1) is 0 Å². The lowest BCUT2D eigenvalue weighted by atomic mass is 10.1. The standard InChI is InChI=1S/C16H15BrN2O4/c1-11(14-7-2-3-8-15(14)17)18-16(20)10-23-13-6-4-5-12(9-13)19(21)22/h2-9,11H,10H2,1H3,(H,18,20)/t11-/m1/s1. The maximum Gasteiger partial charge on any atom is 0.273 e. The van der Waals surface area contributed by atoms with Crippen molar-refractivity contribution in [3.8, 4) is 5.75 Å². The summed E-state index contributed by atoms with van der Waals surface area (Å²) < 4.78 is 6.21. The van der Waals surface area contributed by atoms with Gasteiger partial charge in [0.2, 0.25) is 0 Å². The van der Waals surface area contributed by atoms with Gasteiger partial charge >= 0.3 is 0 Å². The van der Waals surface area contributed by atoms with E-state index in [1.165, 1.54) is 18.2 Å². The van der Waals surface area contributed by atoms with E-state index in [4.69, 9.17) is 4.74 Å². The van der Waals surface area contributed by atoms with Crippen molar-refractivity contribution in [2.24, 2.45) is 0 Å². The zero-order chi connectivity index (χ0) is 16.8. The van der Waals surface area contributed by atoms with Gasteiger partial charge in [-0.3, -0.25) is 14.9 Å². The van der Waals surface area contributed by atoms with Crippen molar-refractivity contribution >= 4 is 27.5 Å². The first-order valence-corrected chi connectivity index (χ1v) is 7.67. The maximum atomic E-state index is 11.9. The number of amides is 1. The molecule has 0 aromatic heterocycles. The molecule has 0 aliphatic rings. The van der Waals surface area contributed by atoms with E-state index < -0.39 is 4.92 Å². The van der Waals surface area contributed by atoms with E-state index in [1.54, 1.807) is 6.07 Å². The third-order valence-corrected chi connectivity index (χ3v) is 3.87. The van der Waals surface area contributed by atoms with E-state index >= 15 is 0 Å². The molecule has 6 nitrogen and oxygen atoms in total. The Morgan fingerprint density at radius 3 is 2.74 bits per heavy atom. The molecule has 0 bridgehead atoms. The van der Waals surface area contributed by atoms with Crippen LogP contribution >= 0.6 is 15.9 Å². The number of non-ortho nitro benzene ring substituents is 1. The average molecular weight is 379 g/mol. The summed E-state index contributed by atoms with van der Waals surface area (Å²) in [7, 11) is 0. The largest absolute Gasteiger partial charge is 0.484 e. The predicted octanol–water partition coefficient (Wildman–Crippen LogP) is 3.61. The highest BCUT2D eigenvalue weighted by molar-refractivity contribution is 9.10. The highest BCUT2D eigenvalue weighted by Gasteiger charge is 2.13. The SMILES string of the molecule is C[C@@H](NC(=O)COc1cccc([N+](=O)[O-])c1)c1ccccc1Br. The zero-order valence-corrected chi connectivity index (χ0v) is 13.9. The van der Waals surface area contributed by atoms with Crippen molar-refractivity contribution in [1.82, 2.24) is 5.32 Å². The van der Waals surface area contributed by atoms with Crippen LogP contribution in [0.25, 0.3) is 0 Å². The van der Waals surface area contributed by atoms with Gasteiger partial charge in [0, 0.05) is 10.5 Å². The monoisotopic (exact) mass is 378 g/mol. The van der Waals surface area contributed by atoms with Crippen molar-refractivity contribution in [2.75, 3.05) is 6.61 Å². The molecule has 23 heavy (non-hydrogen) atoms. The number of ether oxygens (including phenoxy) is 1. The van der Waals surface area contributed by atoms with Crippen LogP contribution in [0.1, 0.15) is 18.5 Å². The molecule has 1 N–H and O–H groups in total. The van der Waals surface area contributed by atoms with Crippen LogP contribution in [0.15, 0.2) is 53.0 Å². The van der Waals surface area contributed by atoms with E-state index in [0.29, 0.717) is 0 Å². The molecule has 2 aromatic carbocycles. The van der Waals surface area contributed by atoms with Crippen LogP contribution < -0.4 is 10.1 Å². The van der Waals surface area contributed by atoms with E-state index in [-0.39, 0.29) is 30.0 Å². The number of hydrogen-bond donors (Lipinski definition) is 1. The third kappa shape index (κ3) is 4.79. The molecule has 0 aliphatic carbocycles. The van der Waals surface area contributed by atoms with Crippen LogP contribution in [-0.2, 0) is 4.79 Å². The van der Waals surface area contributed by atoms with Gasteiger partial charge < -0.3 is 10.1 Å². The Labute approximate surface area is 141 Å². The Hall–Kier alpha value is -2.41. The topological polar surface area (TPSA) is 81.5 Å². The molecule has 0 spiro atoms. The fourth-order valence-corrected chi connectivity index (χ4v) is 2.65. The second-order valence-corrected chi connectivity index (χ2v) is 5.71. The Balaban J connectivity index is 1.91. The smallest absolute Gasteiger partial charge is 0.273 e. The molecule has 1 atom stereocenters. The van der Waals surface area contributed by atoms with E-state index in [9.17, 15) is 14.9 Å². The summed E-state index contributed by atoms with van der Waals surface area (Å²) in [5.41, 5.74) is 0.876. The summed E-state index contributed by atoms with van der Waals surface area (Å²) in [4.78, 5) is 22.1. The number of nitrogens with zero attached hydrogens (tertiary/aromatic N) is 1. The first-order chi connectivity index (χ1) is 11.0. The van der Waals surface area contributed by atoms with E-state index in [1.807, 2.05) is 31.2 Å². The highest BCUT2D eigenvalue weighted by atomic mass is 79.9. The van der Waals surface area contributed by atoms with Gasteiger partial charge in [-0.2, -0.15) is 0 Å². The van der Waals surface area contributed by atoms with Gasteiger partial charge in [0.05, 0.1) is 17.0 Å². The molecular weight excluding hydrogens is 364 g/mol. The highest BCUT2D eigenvalue weighted by Crippen LogP contribution is 2.23. The number of carbonyl (C=O) groups is 1. The summed E-state index contributed by atoms with van der Waals surface area (Å²) in [5, 5.41) is 13.5. The second kappa shape index (κ2) is 7.73. The number of halogens is 1. The average Bonchev–Trinajstić information content (AvgIpc) is 2.53. The van der Waals surface area contributed by atoms with Gasteiger partial charge in [-0.1, -0.05) is 40.2 Å². The molecule has 2 aromatic rings. The van der Waals surface area contributed by atoms with Crippen molar-refractivity contribution < 1.29 is 14.5 Å². The zero-order valence-electron chi connectivity index (χ0n) is 12.4. The van der Waals surface area contributed by atoms with Gasteiger partial charge in [-0.25, -0.2) is 0 Å². The molecule has 0 saturated carbocycles. The Bertz CT molecular complexity index is 721. The molecule has 0 fully saturated rings. The first kappa shape index (κ1) is 17.0. The maximum absolute atomic E-state index is 11.9.